The van der Waals surface area contributed by atoms with Crippen LogP contribution in [0.1, 0.15) is 25.8 Å². The lowest BCUT2D eigenvalue weighted by atomic mass is 10.0. The van der Waals surface area contributed by atoms with Crippen LogP contribution in [-0.4, -0.2) is 64.6 Å². The van der Waals surface area contributed by atoms with Crippen LogP contribution in [0.2, 0.25) is 0 Å². The number of likely N-dealkylation sites (tertiary alicyclic amines) is 1. The summed E-state index contributed by atoms with van der Waals surface area (Å²) in [4.78, 5) is 57.2. The molecule has 210 valence electrons. The Morgan fingerprint density at radius 1 is 1.15 bits per heavy atom. The van der Waals surface area contributed by atoms with Gasteiger partial charge in [-0.1, -0.05) is 29.8 Å². The number of nitrogens with two attached hydrogens (primary N) is 1. The number of primary amides is 1. The Morgan fingerprint density at radius 2 is 1.93 bits per heavy atom. The fourth-order valence-electron chi connectivity index (χ4n) is 4.83. The van der Waals surface area contributed by atoms with Crippen molar-refractivity contribution in [2.75, 3.05) is 18.1 Å². The van der Waals surface area contributed by atoms with Crippen LogP contribution in [0.4, 0.5) is 10.5 Å². The average molecular weight is 563 g/mol. The summed E-state index contributed by atoms with van der Waals surface area (Å²) in [5.74, 6) is -1.53. The number of fused-ring (bicyclic) bond motifs is 1. The van der Waals surface area contributed by atoms with Gasteiger partial charge in [-0.25, -0.2) is 4.79 Å². The molecule has 6 N–H and O–H groups in total. The topological polar surface area (TPSA) is 149 Å². The van der Waals surface area contributed by atoms with Crippen LogP contribution in [0.3, 0.4) is 0 Å². The van der Waals surface area contributed by atoms with E-state index in [4.69, 9.17) is 5.73 Å². The molecular formula is C29H34N6O4S. The monoisotopic (exact) mass is 562 g/mol. The lowest BCUT2D eigenvalue weighted by molar-refractivity contribution is -0.136. The molecule has 0 radical (unpaired) electrons. The van der Waals surface area contributed by atoms with Crippen molar-refractivity contribution in [2.45, 2.75) is 49.7 Å². The third-order valence-electron chi connectivity index (χ3n) is 6.72. The van der Waals surface area contributed by atoms with E-state index in [0.717, 1.165) is 26.9 Å². The molecule has 3 aromatic rings. The van der Waals surface area contributed by atoms with Crippen molar-refractivity contribution in [1.29, 1.82) is 0 Å². The maximum absolute atomic E-state index is 13.5. The number of nitrogens with one attached hydrogen (secondary N) is 4. The first-order chi connectivity index (χ1) is 19.1. The highest BCUT2D eigenvalue weighted by atomic mass is 32.2. The van der Waals surface area contributed by atoms with E-state index < -0.39 is 36.0 Å². The molecule has 0 spiro atoms. The number of hydrogen-bond acceptors (Lipinski definition) is 5. The van der Waals surface area contributed by atoms with Gasteiger partial charge in [-0.2, -0.15) is 0 Å². The van der Waals surface area contributed by atoms with Gasteiger partial charge in [0.15, 0.2) is 0 Å². The predicted octanol–water partition coefficient (Wildman–Crippen LogP) is 3.16. The number of anilines is 1. The molecule has 3 atom stereocenters. The molecule has 0 aliphatic carbocycles. The van der Waals surface area contributed by atoms with Gasteiger partial charge < -0.3 is 31.6 Å². The lowest BCUT2D eigenvalue weighted by Crippen LogP contribution is -2.52. The minimum atomic E-state index is -0.980. The SMILES string of the molecule is CSc1cccc(NC(=O)N[C@H]2C[C@@H](C(=O)N[C@H](Cc3c[nH]c4ccccc34)C(N)=O)N(C(=O)C=C(C)C)C2)c1. The maximum atomic E-state index is 13.5. The second-order valence-corrected chi connectivity index (χ2v) is 10.9. The van der Waals surface area contributed by atoms with Gasteiger partial charge in [0.2, 0.25) is 17.7 Å². The highest BCUT2D eigenvalue weighted by molar-refractivity contribution is 7.98. The molecule has 1 fully saturated rings. The third kappa shape index (κ3) is 7.03. The Labute approximate surface area is 237 Å². The number of urea groups is 1. The summed E-state index contributed by atoms with van der Waals surface area (Å²) in [6.45, 7) is 3.72. The van der Waals surface area contributed by atoms with Crippen molar-refractivity contribution in [3.63, 3.8) is 0 Å². The fourth-order valence-corrected chi connectivity index (χ4v) is 5.29. The Kier molecular flexibility index (Phi) is 9.15. The van der Waals surface area contributed by atoms with Gasteiger partial charge in [0.1, 0.15) is 12.1 Å². The minimum absolute atomic E-state index is 0.142. The van der Waals surface area contributed by atoms with Gasteiger partial charge in [-0.3, -0.25) is 14.4 Å². The van der Waals surface area contributed by atoms with E-state index in [1.807, 2.05) is 48.7 Å². The van der Waals surface area contributed by atoms with Crippen LogP contribution in [0.5, 0.6) is 0 Å². The standard InChI is InChI=1S/C29H34N6O4S/c1-17(2)11-26(36)35-16-20(33-29(39)32-19-7-6-8-21(13-19)40-3)14-25(35)28(38)34-24(27(30)37)12-18-15-31-23-10-5-4-9-22(18)23/h4-11,13,15,20,24-25,31H,12,14,16H2,1-3H3,(H2,30,37)(H,34,38)(H2,32,33,39)/t20-,24+,25-/m0/s1. The van der Waals surface area contributed by atoms with Gasteiger partial charge in [0, 0.05) is 46.7 Å². The highest BCUT2D eigenvalue weighted by Crippen LogP contribution is 2.23. The molecule has 1 aromatic heterocycles. The van der Waals surface area contributed by atoms with Crippen LogP contribution in [0.15, 0.2) is 71.3 Å². The largest absolute Gasteiger partial charge is 0.368 e. The molecular weight excluding hydrogens is 528 g/mol. The van der Waals surface area contributed by atoms with Crippen LogP contribution in [-0.2, 0) is 20.8 Å². The van der Waals surface area contributed by atoms with Crippen molar-refractivity contribution >= 4 is 52.1 Å². The number of rotatable bonds is 9. The number of aromatic nitrogens is 1. The number of thioether (sulfide) groups is 1. The summed E-state index contributed by atoms with van der Waals surface area (Å²) in [5, 5.41) is 9.37. The number of amides is 5. The number of H-pyrrole nitrogens is 1. The predicted molar refractivity (Wildman–Crippen MR) is 157 cm³/mol. The number of benzene rings is 2. The van der Waals surface area contributed by atoms with Crippen molar-refractivity contribution in [3.8, 4) is 0 Å². The summed E-state index contributed by atoms with van der Waals surface area (Å²) in [5.41, 5.74) is 8.83. The Bertz CT molecular complexity index is 1450. The Morgan fingerprint density at radius 3 is 2.65 bits per heavy atom. The van der Waals surface area contributed by atoms with Gasteiger partial charge in [0.05, 0.1) is 6.04 Å². The summed E-state index contributed by atoms with van der Waals surface area (Å²) >= 11 is 1.56. The Balaban J connectivity index is 1.47. The molecule has 0 bridgehead atoms. The first kappa shape index (κ1) is 28.8. The number of para-hydroxylation sites is 1. The molecule has 40 heavy (non-hydrogen) atoms. The zero-order chi connectivity index (χ0) is 28.8. The average Bonchev–Trinajstić information content (AvgIpc) is 3.52. The van der Waals surface area contributed by atoms with Gasteiger partial charge >= 0.3 is 6.03 Å². The molecule has 0 unspecified atom stereocenters. The second-order valence-electron chi connectivity index (χ2n) is 10.0. The molecule has 1 saturated heterocycles. The smallest absolute Gasteiger partial charge is 0.319 e. The second kappa shape index (κ2) is 12.7. The number of allylic oxidation sites excluding steroid dienone is 1. The van der Waals surface area contributed by atoms with Crippen LogP contribution < -0.4 is 21.7 Å². The number of carbonyl (C=O) groups is 4. The number of aromatic amines is 1. The summed E-state index contributed by atoms with van der Waals surface area (Å²) < 4.78 is 0. The first-order valence-electron chi connectivity index (χ1n) is 13.0. The number of carbonyl (C=O) groups excluding carboxylic acids is 4. The summed E-state index contributed by atoms with van der Waals surface area (Å²) in [7, 11) is 0. The first-order valence-corrected chi connectivity index (χ1v) is 14.2. The van der Waals surface area contributed by atoms with E-state index in [1.54, 1.807) is 37.9 Å². The molecule has 0 saturated carbocycles. The zero-order valence-corrected chi connectivity index (χ0v) is 23.5. The van der Waals surface area contributed by atoms with E-state index in [9.17, 15) is 19.2 Å². The number of hydrogen-bond donors (Lipinski definition) is 5. The molecule has 4 rings (SSSR count). The molecule has 10 nitrogen and oxygen atoms in total. The molecule has 5 amide bonds. The van der Waals surface area contributed by atoms with E-state index in [-0.39, 0.29) is 25.3 Å². The fraction of sp³-hybridized carbons (Fsp3) is 0.310. The van der Waals surface area contributed by atoms with E-state index in [2.05, 4.69) is 20.9 Å². The zero-order valence-electron chi connectivity index (χ0n) is 22.7. The minimum Gasteiger partial charge on any atom is -0.368 e. The molecule has 1 aliphatic rings. The molecule has 11 heteroatoms. The van der Waals surface area contributed by atoms with Crippen molar-refractivity contribution in [1.82, 2.24) is 20.5 Å². The Hall–Kier alpha value is -4.25. The van der Waals surface area contributed by atoms with Gasteiger partial charge in [-0.05, 0) is 56.4 Å². The highest BCUT2D eigenvalue weighted by Gasteiger charge is 2.40. The third-order valence-corrected chi connectivity index (χ3v) is 7.45. The maximum Gasteiger partial charge on any atom is 0.319 e. The van der Waals surface area contributed by atoms with Crippen LogP contribution >= 0.6 is 11.8 Å². The summed E-state index contributed by atoms with van der Waals surface area (Å²) in [6, 6.07) is 12.3. The van der Waals surface area contributed by atoms with Gasteiger partial charge in [-0.15, -0.1) is 11.8 Å². The summed E-state index contributed by atoms with van der Waals surface area (Å²) in [6.07, 6.45) is 5.57. The van der Waals surface area contributed by atoms with Crippen molar-refractivity contribution in [2.24, 2.45) is 5.73 Å². The van der Waals surface area contributed by atoms with E-state index >= 15 is 0 Å². The normalized spacial score (nSPS) is 17.2. The van der Waals surface area contributed by atoms with Crippen molar-refractivity contribution < 1.29 is 19.2 Å². The number of nitrogens with zero attached hydrogens (tertiary/aromatic N) is 1. The van der Waals surface area contributed by atoms with Crippen molar-refractivity contribution in [3.05, 3.63) is 71.9 Å². The lowest BCUT2D eigenvalue weighted by Gasteiger charge is -2.25. The molecule has 1 aliphatic heterocycles. The van der Waals surface area contributed by atoms with Gasteiger partial charge in [0.25, 0.3) is 0 Å². The van der Waals surface area contributed by atoms with E-state index in [1.165, 1.54) is 11.0 Å². The van der Waals surface area contributed by atoms with Crippen LogP contribution in [0.25, 0.3) is 10.9 Å². The van der Waals surface area contributed by atoms with E-state index in [0.29, 0.717) is 5.69 Å². The molecule has 2 heterocycles. The quantitative estimate of drug-likeness (QED) is 0.201. The molecule has 2 aromatic carbocycles. The van der Waals surface area contributed by atoms with Crippen LogP contribution in [0, 0.1) is 0 Å².